The smallest absolute Gasteiger partial charge is 0.223 e. The number of aliphatic hydroxyl groups is 3. The second-order valence-electron chi connectivity index (χ2n) is 5.68. The second-order valence-corrected chi connectivity index (χ2v) is 5.68. The highest BCUT2D eigenvalue weighted by Crippen LogP contribution is 2.19. The van der Waals surface area contributed by atoms with Crippen molar-refractivity contribution >= 4 is 0 Å². The fourth-order valence-electron chi connectivity index (χ4n) is 2.39. The lowest BCUT2D eigenvalue weighted by Crippen LogP contribution is -2.32. The Balaban J connectivity index is 3.28. The van der Waals surface area contributed by atoms with E-state index in [-0.39, 0.29) is 38.0 Å². The van der Waals surface area contributed by atoms with Gasteiger partial charge in [-0.05, 0) is 5.92 Å². The molecule has 0 saturated carbocycles. The Bertz CT molecular complexity index is 521. The summed E-state index contributed by atoms with van der Waals surface area (Å²) in [5.74, 6) is -0.0891. The normalized spacial score (nSPS) is 11.6. The van der Waals surface area contributed by atoms with Crippen LogP contribution in [0.25, 0.3) is 0 Å². The van der Waals surface area contributed by atoms with E-state index in [9.17, 15) is 15.0 Å². The number of aromatic nitrogens is 1. The van der Waals surface area contributed by atoms with E-state index >= 15 is 0 Å². The Labute approximate surface area is 130 Å². The van der Waals surface area contributed by atoms with Gasteiger partial charge in [0.25, 0.3) is 0 Å². The zero-order valence-corrected chi connectivity index (χ0v) is 13.2. The maximum Gasteiger partial charge on any atom is 0.223 e. The van der Waals surface area contributed by atoms with Crippen LogP contribution in [0.4, 0.5) is 0 Å². The summed E-state index contributed by atoms with van der Waals surface area (Å²) in [7, 11) is 0. The topological polar surface area (TPSA) is 106 Å². The number of aliphatic hydroxyl groups excluding tert-OH is 3. The molecule has 0 bridgehead atoms. The summed E-state index contributed by atoms with van der Waals surface area (Å²) in [5.41, 5.74) is 0.304. The molecule has 1 aromatic heterocycles. The first kappa shape index (κ1) is 18.6. The van der Waals surface area contributed by atoms with Crippen LogP contribution < -0.4 is 5.43 Å². The molecular weight excluding hydrogens is 288 g/mol. The number of hydrogen-bond donors (Lipinski definition) is 4. The lowest BCUT2D eigenvalue weighted by molar-refractivity contribution is 0.151. The Morgan fingerprint density at radius 1 is 1.18 bits per heavy atom. The molecule has 0 amide bonds. The fraction of sp³-hybridized carbons (Fsp3) is 0.667. The van der Waals surface area contributed by atoms with Gasteiger partial charge in [-0.25, -0.2) is 0 Å². The molecule has 0 unspecified atom stereocenters. The van der Waals surface area contributed by atoms with Crippen LogP contribution in [0.3, 0.4) is 0 Å². The molecule has 0 fully saturated rings. The third-order valence-electron chi connectivity index (χ3n) is 3.39. The van der Waals surface area contributed by atoms with Gasteiger partial charge in [-0.15, -0.1) is 0 Å². The molecule has 0 radical (unpaired) electrons. The van der Waals surface area contributed by atoms with Crippen LogP contribution in [0.5, 0.6) is 5.75 Å². The van der Waals surface area contributed by atoms with E-state index in [1.165, 1.54) is 6.07 Å². The molecule has 0 aromatic carbocycles. The van der Waals surface area contributed by atoms with Crippen LogP contribution in [0, 0.1) is 5.92 Å². The lowest BCUT2D eigenvalue weighted by atomic mass is 10.1. The Morgan fingerprint density at radius 3 is 2.23 bits per heavy atom. The maximum atomic E-state index is 11.9. The largest absolute Gasteiger partial charge is 0.503 e. The minimum Gasteiger partial charge on any atom is -0.503 e. The van der Waals surface area contributed by atoms with Crippen molar-refractivity contribution in [2.75, 3.05) is 26.3 Å². The average Bonchev–Trinajstić information content (AvgIpc) is 2.46. The third-order valence-corrected chi connectivity index (χ3v) is 3.39. The first-order valence-corrected chi connectivity index (χ1v) is 7.44. The monoisotopic (exact) mass is 314 g/mol. The predicted octanol–water partition coefficient (Wildman–Crippen LogP) is -0.511. The highest BCUT2D eigenvalue weighted by atomic mass is 16.3. The van der Waals surface area contributed by atoms with Crippen molar-refractivity contribution < 1.29 is 20.4 Å². The van der Waals surface area contributed by atoms with E-state index in [4.69, 9.17) is 10.2 Å². The van der Waals surface area contributed by atoms with Gasteiger partial charge in [0, 0.05) is 37.9 Å². The lowest BCUT2D eigenvalue weighted by Gasteiger charge is -2.25. The highest BCUT2D eigenvalue weighted by molar-refractivity contribution is 5.30. The van der Waals surface area contributed by atoms with Gasteiger partial charge in [0.05, 0.1) is 25.5 Å². The van der Waals surface area contributed by atoms with Crippen molar-refractivity contribution in [3.63, 3.8) is 0 Å². The van der Waals surface area contributed by atoms with Crippen molar-refractivity contribution in [2.24, 2.45) is 5.92 Å². The van der Waals surface area contributed by atoms with Gasteiger partial charge in [-0.3, -0.25) is 9.69 Å². The molecule has 0 aliphatic rings. The van der Waals surface area contributed by atoms with Gasteiger partial charge in [0.2, 0.25) is 5.43 Å². The minimum absolute atomic E-state index is 0.0884. The maximum absolute atomic E-state index is 11.9. The van der Waals surface area contributed by atoms with Gasteiger partial charge in [0.15, 0.2) is 5.75 Å². The van der Waals surface area contributed by atoms with Crippen LogP contribution in [0.2, 0.25) is 0 Å². The van der Waals surface area contributed by atoms with Crippen LogP contribution in [0.15, 0.2) is 10.9 Å². The number of rotatable bonds is 9. The first-order chi connectivity index (χ1) is 10.4. The van der Waals surface area contributed by atoms with Gasteiger partial charge < -0.3 is 25.0 Å². The Kier molecular flexibility index (Phi) is 7.53. The van der Waals surface area contributed by atoms with Crippen LogP contribution in [-0.4, -0.2) is 56.2 Å². The zero-order chi connectivity index (χ0) is 16.7. The van der Waals surface area contributed by atoms with Crippen LogP contribution >= 0.6 is 0 Å². The molecule has 0 saturated heterocycles. The zero-order valence-electron chi connectivity index (χ0n) is 13.2. The summed E-state index contributed by atoms with van der Waals surface area (Å²) in [4.78, 5) is 13.6. The SMILES string of the molecule is CC(C)Cn1c(CO)cc(=O)c(O)c1CN(CCO)CCO. The van der Waals surface area contributed by atoms with Crippen molar-refractivity contribution in [3.8, 4) is 5.75 Å². The molecule has 0 aliphatic heterocycles. The van der Waals surface area contributed by atoms with E-state index in [0.29, 0.717) is 31.0 Å². The first-order valence-electron chi connectivity index (χ1n) is 7.44. The van der Waals surface area contributed by atoms with Crippen LogP contribution in [-0.2, 0) is 19.7 Å². The molecule has 0 atom stereocenters. The fourth-order valence-corrected chi connectivity index (χ4v) is 2.39. The molecule has 0 aliphatic carbocycles. The van der Waals surface area contributed by atoms with E-state index < -0.39 is 5.43 Å². The van der Waals surface area contributed by atoms with E-state index in [0.717, 1.165) is 0 Å². The number of nitrogens with zero attached hydrogens (tertiary/aromatic N) is 2. The molecule has 1 heterocycles. The van der Waals surface area contributed by atoms with E-state index in [1.807, 2.05) is 13.8 Å². The van der Waals surface area contributed by atoms with Crippen molar-refractivity contribution in [1.82, 2.24) is 9.47 Å². The summed E-state index contributed by atoms with van der Waals surface area (Å²) < 4.78 is 1.74. The van der Waals surface area contributed by atoms with Crippen molar-refractivity contribution in [2.45, 2.75) is 33.5 Å². The number of hydrogen-bond acceptors (Lipinski definition) is 6. The number of aromatic hydroxyl groups is 1. The van der Waals surface area contributed by atoms with Crippen LogP contribution in [0.1, 0.15) is 25.2 Å². The van der Waals surface area contributed by atoms with Gasteiger partial charge in [-0.1, -0.05) is 13.8 Å². The minimum atomic E-state index is -0.535. The molecule has 1 aromatic rings. The van der Waals surface area contributed by atoms with Crippen molar-refractivity contribution in [1.29, 1.82) is 0 Å². The second kappa shape index (κ2) is 8.89. The van der Waals surface area contributed by atoms with E-state index in [1.54, 1.807) is 9.47 Å². The quantitative estimate of drug-likeness (QED) is 0.489. The summed E-state index contributed by atoms with van der Waals surface area (Å²) in [5, 5.41) is 37.8. The molecule has 126 valence electrons. The third kappa shape index (κ3) is 4.81. The summed E-state index contributed by atoms with van der Waals surface area (Å²) >= 11 is 0. The predicted molar refractivity (Wildman–Crippen MR) is 82.6 cm³/mol. The molecule has 4 N–H and O–H groups in total. The number of pyridine rings is 1. The summed E-state index contributed by atoms with van der Waals surface area (Å²) in [6.07, 6.45) is 0. The molecule has 0 spiro atoms. The summed E-state index contributed by atoms with van der Waals surface area (Å²) in [6.45, 7) is 4.92. The molecule has 22 heavy (non-hydrogen) atoms. The highest BCUT2D eigenvalue weighted by Gasteiger charge is 2.18. The summed E-state index contributed by atoms with van der Waals surface area (Å²) in [6, 6.07) is 1.24. The molecular formula is C15H26N2O5. The van der Waals surface area contributed by atoms with Gasteiger partial charge in [0.1, 0.15) is 0 Å². The van der Waals surface area contributed by atoms with Crippen molar-refractivity contribution in [3.05, 3.63) is 27.7 Å². The Hall–Kier alpha value is -1.41. The average molecular weight is 314 g/mol. The Morgan fingerprint density at radius 2 is 1.77 bits per heavy atom. The molecule has 7 heteroatoms. The van der Waals surface area contributed by atoms with E-state index in [2.05, 4.69) is 0 Å². The molecule has 7 nitrogen and oxygen atoms in total. The molecule has 1 rings (SSSR count). The van der Waals surface area contributed by atoms with Gasteiger partial charge in [-0.2, -0.15) is 0 Å². The van der Waals surface area contributed by atoms with Gasteiger partial charge >= 0.3 is 0 Å². The standard InChI is InChI=1S/C15H26N2O5/c1-11(2)8-17-12(10-20)7-14(21)15(22)13(17)9-16(3-5-18)4-6-19/h7,11,18-20,22H,3-6,8-10H2,1-2H3.